The predicted molar refractivity (Wildman–Crippen MR) is 85.1 cm³/mol. The summed E-state index contributed by atoms with van der Waals surface area (Å²) >= 11 is 0. The first-order valence-electron chi connectivity index (χ1n) is 6.92. The fraction of sp³-hybridized carbons (Fsp3) is 0.118. The van der Waals surface area contributed by atoms with Crippen molar-refractivity contribution in [2.45, 2.75) is 13.1 Å². The molecule has 0 aliphatic heterocycles. The lowest BCUT2D eigenvalue weighted by Crippen LogP contribution is -2.31. The summed E-state index contributed by atoms with van der Waals surface area (Å²) in [5.74, 6) is -0.334. The van der Waals surface area contributed by atoms with Gasteiger partial charge in [0.25, 0.3) is 0 Å². The first-order valence-corrected chi connectivity index (χ1v) is 6.92. The van der Waals surface area contributed by atoms with E-state index in [9.17, 15) is 9.18 Å². The van der Waals surface area contributed by atoms with Crippen molar-refractivity contribution >= 4 is 12.1 Å². The summed E-state index contributed by atoms with van der Waals surface area (Å²) < 4.78 is 13.4. The second-order valence-electron chi connectivity index (χ2n) is 4.71. The molecule has 0 unspecified atom stereocenters. The summed E-state index contributed by atoms with van der Waals surface area (Å²) in [6, 6.07) is 13.7. The molecule has 2 aromatic rings. The van der Waals surface area contributed by atoms with E-state index in [4.69, 9.17) is 5.73 Å². The molecule has 2 amide bonds. The van der Waals surface area contributed by atoms with E-state index >= 15 is 0 Å². The summed E-state index contributed by atoms with van der Waals surface area (Å²) in [6.07, 6.45) is 2.91. The lowest BCUT2D eigenvalue weighted by atomic mass is 10.1. The van der Waals surface area contributed by atoms with E-state index in [0.717, 1.165) is 11.1 Å². The number of nitrogens with one attached hydrogen (secondary N) is 2. The third-order valence-electron chi connectivity index (χ3n) is 3.06. The highest BCUT2D eigenvalue weighted by Gasteiger charge is 2.00. The smallest absolute Gasteiger partial charge is 0.319 e. The molecular formula is C17H18FN3O. The number of amides is 2. The zero-order valence-corrected chi connectivity index (χ0v) is 12.1. The highest BCUT2D eigenvalue weighted by Crippen LogP contribution is 2.07. The molecule has 0 bridgehead atoms. The number of halogens is 1. The number of nitrogens with two attached hydrogens (primary N) is 1. The maximum atomic E-state index is 13.4. The molecular weight excluding hydrogens is 281 g/mol. The van der Waals surface area contributed by atoms with Crippen LogP contribution in [0.15, 0.2) is 54.7 Å². The SMILES string of the molecule is NCc1cccc(CNC(=O)N/C=C/c2ccccc2F)c1. The van der Waals surface area contributed by atoms with Crippen molar-refractivity contribution in [1.82, 2.24) is 10.6 Å². The van der Waals surface area contributed by atoms with Gasteiger partial charge in [-0.25, -0.2) is 9.18 Å². The van der Waals surface area contributed by atoms with Crippen molar-refractivity contribution < 1.29 is 9.18 Å². The van der Waals surface area contributed by atoms with Gasteiger partial charge in [0.05, 0.1) is 0 Å². The van der Waals surface area contributed by atoms with Crippen LogP contribution >= 0.6 is 0 Å². The van der Waals surface area contributed by atoms with Crippen LogP contribution < -0.4 is 16.4 Å². The minimum Gasteiger partial charge on any atom is -0.334 e. The van der Waals surface area contributed by atoms with Crippen LogP contribution in [0.25, 0.3) is 6.08 Å². The molecule has 4 nitrogen and oxygen atoms in total. The Balaban J connectivity index is 1.82. The van der Waals surface area contributed by atoms with E-state index in [1.807, 2.05) is 24.3 Å². The van der Waals surface area contributed by atoms with Gasteiger partial charge in [0.1, 0.15) is 5.82 Å². The monoisotopic (exact) mass is 299 g/mol. The van der Waals surface area contributed by atoms with Crippen LogP contribution in [0.5, 0.6) is 0 Å². The Morgan fingerprint density at radius 2 is 1.91 bits per heavy atom. The number of carbonyl (C=O) groups is 1. The number of carbonyl (C=O) groups excluding carboxylic acids is 1. The number of hydrogen-bond acceptors (Lipinski definition) is 2. The summed E-state index contributed by atoms with van der Waals surface area (Å²) in [5, 5.41) is 5.25. The van der Waals surface area contributed by atoms with E-state index in [1.165, 1.54) is 18.3 Å². The molecule has 0 aromatic heterocycles. The number of rotatable bonds is 5. The maximum absolute atomic E-state index is 13.4. The van der Waals surface area contributed by atoms with Crippen molar-refractivity contribution in [3.8, 4) is 0 Å². The van der Waals surface area contributed by atoms with Gasteiger partial charge in [-0.05, 0) is 23.3 Å². The van der Waals surface area contributed by atoms with E-state index < -0.39 is 0 Å². The topological polar surface area (TPSA) is 67.1 Å². The Kier molecular flexibility index (Phi) is 5.68. The van der Waals surface area contributed by atoms with Gasteiger partial charge in [0.2, 0.25) is 0 Å². The lowest BCUT2D eigenvalue weighted by Gasteiger charge is -2.06. The highest BCUT2D eigenvalue weighted by molar-refractivity contribution is 5.75. The largest absolute Gasteiger partial charge is 0.334 e. The predicted octanol–water partition coefficient (Wildman–Crippen LogP) is 2.75. The molecule has 0 radical (unpaired) electrons. The van der Waals surface area contributed by atoms with Crippen LogP contribution in [-0.2, 0) is 13.1 Å². The van der Waals surface area contributed by atoms with Crippen molar-refractivity contribution in [1.29, 1.82) is 0 Å². The van der Waals surface area contributed by atoms with Gasteiger partial charge < -0.3 is 16.4 Å². The van der Waals surface area contributed by atoms with Crippen LogP contribution in [0.2, 0.25) is 0 Å². The maximum Gasteiger partial charge on any atom is 0.319 e. The van der Waals surface area contributed by atoms with Crippen LogP contribution in [0.3, 0.4) is 0 Å². The molecule has 0 saturated heterocycles. The molecule has 2 rings (SSSR count). The zero-order valence-electron chi connectivity index (χ0n) is 12.1. The average molecular weight is 299 g/mol. The molecule has 0 atom stereocenters. The van der Waals surface area contributed by atoms with Gasteiger partial charge in [0.15, 0.2) is 0 Å². The molecule has 0 fully saturated rings. The van der Waals surface area contributed by atoms with Gasteiger partial charge in [-0.2, -0.15) is 0 Å². The molecule has 0 aliphatic rings. The minimum absolute atomic E-state index is 0.334. The molecule has 2 aromatic carbocycles. The lowest BCUT2D eigenvalue weighted by molar-refractivity contribution is 0.244. The fourth-order valence-electron chi connectivity index (χ4n) is 1.92. The van der Waals surface area contributed by atoms with Crippen LogP contribution in [-0.4, -0.2) is 6.03 Å². The Morgan fingerprint density at radius 3 is 2.68 bits per heavy atom. The van der Waals surface area contributed by atoms with Gasteiger partial charge in [-0.3, -0.25) is 0 Å². The highest BCUT2D eigenvalue weighted by atomic mass is 19.1. The third-order valence-corrected chi connectivity index (χ3v) is 3.06. The molecule has 0 saturated carbocycles. The Morgan fingerprint density at radius 1 is 1.14 bits per heavy atom. The van der Waals surface area contributed by atoms with Crippen LogP contribution in [0, 0.1) is 5.82 Å². The van der Waals surface area contributed by atoms with E-state index in [0.29, 0.717) is 18.7 Å². The van der Waals surface area contributed by atoms with Crippen LogP contribution in [0.4, 0.5) is 9.18 Å². The van der Waals surface area contributed by atoms with Crippen LogP contribution in [0.1, 0.15) is 16.7 Å². The average Bonchev–Trinajstić information content (AvgIpc) is 2.55. The van der Waals surface area contributed by atoms with Crippen molar-refractivity contribution in [3.05, 3.63) is 77.2 Å². The third kappa shape index (κ3) is 4.71. The summed E-state index contributed by atoms with van der Waals surface area (Å²) in [5.41, 5.74) is 7.97. The van der Waals surface area contributed by atoms with Crippen molar-refractivity contribution in [2.24, 2.45) is 5.73 Å². The molecule has 114 valence electrons. The Labute approximate surface area is 128 Å². The second kappa shape index (κ2) is 7.95. The standard InChI is InChI=1S/C17H18FN3O/c18-16-7-2-1-6-15(16)8-9-20-17(22)21-12-14-5-3-4-13(10-14)11-19/h1-10H,11-12,19H2,(H2,20,21,22)/b9-8+. The molecule has 0 heterocycles. The van der Waals surface area contributed by atoms with Crippen molar-refractivity contribution in [2.75, 3.05) is 0 Å². The molecule has 5 heteroatoms. The minimum atomic E-state index is -0.356. The number of hydrogen-bond donors (Lipinski definition) is 3. The summed E-state index contributed by atoms with van der Waals surface area (Å²) in [4.78, 5) is 11.7. The normalized spacial score (nSPS) is 10.6. The van der Waals surface area contributed by atoms with E-state index in [-0.39, 0.29) is 11.8 Å². The molecule has 4 N–H and O–H groups in total. The van der Waals surface area contributed by atoms with Gasteiger partial charge in [0, 0.05) is 24.9 Å². The van der Waals surface area contributed by atoms with Gasteiger partial charge in [-0.1, -0.05) is 42.5 Å². The Bertz CT molecular complexity index is 670. The summed E-state index contributed by atoms with van der Waals surface area (Å²) in [7, 11) is 0. The second-order valence-corrected chi connectivity index (χ2v) is 4.71. The number of urea groups is 1. The fourth-order valence-corrected chi connectivity index (χ4v) is 1.92. The first kappa shape index (κ1) is 15.7. The van der Waals surface area contributed by atoms with E-state index in [1.54, 1.807) is 18.2 Å². The molecule has 0 spiro atoms. The van der Waals surface area contributed by atoms with Crippen molar-refractivity contribution in [3.63, 3.8) is 0 Å². The van der Waals surface area contributed by atoms with E-state index in [2.05, 4.69) is 10.6 Å². The van der Waals surface area contributed by atoms with Gasteiger partial charge >= 0.3 is 6.03 Å². The Hall–Kier alpha value is -2.66. The first-order chi connectivity index (χ1) is 10.7. The zero-order chi connectivity index (χ0) is 15.8. The molecule has 22 heavy (non-hydrogen) atoms. The quantitative estimate of drug-likeness (QED) is 0.794. The molecule has 0 aliphatic carbocycles. The number of benzene rings is 2. The van der Waals surface area contributed by atoms with Gasteiger partial charge in [-0.15, -0.1) is 0 Å². The summed E-state index contributed by atoms with van der Waals surface area (Å²) in [6.45, 7) is 0.860.